The molecule has 1 N–H and O–H groups in total. The van der Waals surface area contributed by atoms with Crippen LogP contribution in [-0.4, -0.2) is 18.4 Å². The Kier molecular flexibility index (Phi) is 5.15. The lowest BCUT2D eigenvalue weighted by Crippen LogP contribution is -2.32. The molecule has 0 radical (unpaired) electrons. The Morgan fingerprint density at radius 3 is 2.58 bits per heavy atom. The van der Waals surface area contributed by atoms with Gasteiger partial charge in [-0.1, -0.05) is 31.4 Å². The van der Waals surface area contributed by atoms with Crippen LogP contribution in [0.1, 0.15) is 60.0 Å². The van der Waals surface area contributed by atoms with Crippen molar-refractivity contribution in [3.8, 4) is 0 Å². The minimum absolute atomic E-state index is 0.256. The van der Waals surface area contributed by atoms with Gasteiger partial charge >= 0.3 is 0 Å². The summed E-state index contributed by atoms with van der Waals surface area (Å²) in [6, 6.07) is 6.64. The van der Waals surface area contributed by atoms with E-state index < -0.39 is 0 Å². The van der Waals surface area contributed by atoms with Crippen LogP contribution in [0.3, 0.4) is 0 Å². The molecule has 0 atom stereocenters. The van der Waals surface area contributed by atoms with Gasteiger partial charge in [-0.3, -0.25) is 4.79 Å². The predicted molar refractivity (Wildman–Crippen MR) is 79.7 cm³/mol. The monoisotopic (exact) mass is 259 g/mol. The fourth-order valence-corrected chi connectivity index (χ4v) is 2.76. The second-order valence-corrected chi connectivity index (χ2v) is 5.76. The summed E-state index contributed by atoms with van der Waals surface area (Å²) in [6.07, 6.45) is 7.21. The van der Waals surface area contributed by atoms with E-state index in [1.54, 1.807) is 0 Å². The molecule has 0 bridgehead atoms. The minimum atomic E-state index is 0.256. The second-order valence-electron chi connectivity index (χ2n) is 5.76. The van der Waals surface area contributed by atoms with E-state index in [1.165, 1.54) is 43.2 Å². The lowest BCUT2D eigenvalue weighted by Gasteiger charge is -2.22. The number of benzene rings is 1. The topological polar surface area (TPSA) is 29.1 Å². The zero-order valence-corrected chi connectivity index (χ0v) is 12.2. The molecule has 104 valence electrons. The molecular formula is C17H25NO. The molecule has 19 heavy (non-hydrogen) atoms. The van der Waals surface area contributed by atoms with Crippen LogP contribution in [0.15, 0.2) is 18.2 Å². The summed E-state index contributed by atoms with van der Waals surface area (Å²) < 4.78 is 0. The summed E-state index contributed by atoms with van der Waals surface area (Å²) in [5, 5.41) is 3.53. The zero-order valence-electron chi connectivity index (χ0n) is 12.2. The van der Waals surface area contributed by atoms with E-state index in [9.17, 15) is 4.79 Å². The van der Waals surface area contributed by atoms with Crippen LogP contribution in [0.5, 0.6) is 0 Å². The smallest absolute Gasteiger partial charge is 0.164 e. The largest absolute Gasteiger partial charge is 0.314 e. The highest BCUT2D eigenvalue weighted by molar-refractivity contribution is 5.96. The van der Waals surface area contributed by atoms with Crippen molar-refractivity contribution < 1.29 is 4.79 Å². The number of Topliss-reactive ketones (excluding diaryl/α,β-unsaturated/α-hetero) is 1. The first-order valence-electron chi connectivity index (χ1n) is 7.50. The molecule has 0 aliphatic heterocycles. The number of carbonyl (C=O) groups is 1. The molecule has 0 spiro atoms. The number of carbonyl (C=O) groups excluding carboxylic acids is 1. The summed E-state index contributed by atoms with van der Waals surface area (Å²) in [4.78, 5) is 12.1. The van der Waals surface area contributed by atoms with Crippen molar-refractivity contribution in [1.82, 2.24) is 5.32 Å². The van der Waals surface area contributed by atoms with Crippen molar-refractivity contribution in [2.75, 3.05) is 6.54 Å². The van der Waals surface area contributed by atoms with E-state index in [0.717, 1.165) is 12.1 Å². The van der Waals surface area contributed by atoms with Crippen LogP contribution in [0.25, 0.3) is 0 Å². The average molecular weight is 259 g/mol. The maximum absolute atomic E-state index is 12.1. The van der Waals surface area contributed by atoms with Crippen LogP contribution in [-0.2, 0) is 0 Å². The highest BCUT2D eigenvalue weighted by Crippen LogP contribution is 2.17. The van der Waals surface area contributed by atoms with Crippen molar-refractivity contribution in [2.24, 2.45) is 0 Å². The number of nitrogens with one attached hydrogen (secondary N) is 1. The van der Waals surface area contributed by atoms with Gasteiger partial charge in [-0.2, -0.15) is 0 Å². The van der Waals surface area contributed by atoms with Crippen LogP contribution in [0.4, 0.5) is 0 Å². The highest BCUT2D eigenvalue weighted by atomic mass is 16.1. The summed E-state index contributed by atoms with van der Waals surface area (Å²) >= 11 is 0. The van der Waals surface area contributed by atoms with Crippen LogP contribution in [0.2, 0.25) is 0 Å². The third-order valence-corrected chi connectivity index (χ3v) is 4.22. The quantitative estimate of drug-likeness (QED) is 0.815. The summed E-state index contributed by atoms with van der Waals surface area (Å²) in [6.45, 7) is 4.96. The molecule has 0 saturated heterocycles. The van der Waals surface area contributed by atoms with Gasteiger partial charge in [0.2, 0.25) is 0 Å². The Bertz CT molecular complexity index is 433. The molecule has 0 unspecified atom stereocenters. The van der Waals surface area contributed by atoms with Gasteiger partial charge in [-0.05, 0) is 43.9 Å². The number of hydrogen-bond acceptors (Lipinski definition) is 2. The van der Waals surface area contributed by atoms with Crippen molar-refractivity contribution in [3.63, 3.8) is 0 Å². The maximum Gasteiger partial charge on any atom is 0.164 e. The Labute approximate surface area is 116 Å². The predicted octanol–water partition coefficient (Wildman–Crippen LogP) is 3.80. The molecule has 0 amide bonds. The average Bonchev–Trinajstić information content (AvgIpc) is 2.43. The third-order valence-electron chi connectivity index (χ3n) is 4.22. The van der Waals surface area contributed by atoms with Crippen LogP contribution < -0.4 is 5.32 Å². The Morgan fingerprint density at radius 1 is 1.16 bits per heavy atom. The fraction of sp³-hybridized carbons (Fsp3) is 0.588. The van der Waals surface area contributed by atoms with Gasteiger partial charge in [0.05, 0.1) is 0 Å². The van der Waals surface area contributed by atoms with Crippen LogP contribution in [0, 0.1) is 13.8 Å². The number of hydrogen-bond donors (Lipinski definition) is 1. The molecule has 1 aromatic rings. The van der Waals surface area contributed by atoms with E-state index in [2.05, 4.69) is 19.2 Å². The Balaban J connectivity index is 1.78. The van der Waals surface area contributed by atoms with Gasteiger partial charge in [0.1, 0.15) is 0 Å². The zero-order chi connectivity index (χ0) is 13.7. The van der Waals surface area contributed by atoms with E-state index in [1.807, 2.05) is 18.2 Å². The third kappa shape index (κ3) is 4.17. The van der Waals surface area contributed by atoms with E-state index in [0.29, 0.717) is 12.5 Å². The van der Waals surface area contributed by atoms with Gasteiger partial charge < -0.3 is 5.32 Å². The Hall–Kier alpha value is -1.15. The number of aryl methyl sites for hydroxylation is 2. The number of rotatable bonds is 5. The molecular weight excluding hydrogens is 234 g/mol. The maximum atomic E-state index is 12.1. The minimum Gasteiger partial charge on any atom is -0.314 e. The molecule has 1 aliphatic rings. The normalized spacial score (nSPS) is 16.5. The lowest BCUT2D eigenvalue weighted by molar-refractivity contribution is 0.0981. The fourth-order valence-electron chi connectivity index (χ4n) is 2.76. The van der Waals surface area contributed by atoms with Crippen molar-refractivity contribution in [2.45, 2.75) is 58.4 Å². The van der Waals surface area contributed by atoms with Gasteiger partial charge in [-0.15, -0.1) is 0 Å². The van der Waals surface area contributed by atoms with Gasteiger partial charge in [0.15, 0.2) is 5.78 Å². The summed E-state index contributed by atoms with van der Waals surface area (Å²) in [5.74, 6) is 0.256. The van der Waals surface area contributed by atoms with Gasteiger partial charge in [0, 0.05) is 24.6 Å². The standard InChI is InChI=1S/C17H25NO/c1-13-8-9-15(12-14(13)2)17(19)10-11-18-16-6-4-3-5-7-16/h8-9,12,16,18H,3-7,10-11H2,1-2H3. The molecule has 1 aromatic carbocycles. The molecule has 2 heteroatoms. The van der Waals surface area contributed by atoms with Crippen molar-refractivity contribution >= 4 is 5.78 Å². The Morgan fingerprint density at radius 2 is 1.89 bits per heavy atom. The molecule has 2 nitrogen and oxygen atoms in total. The number of ketones is 1. The van der Waals surface area contributed by atoms with Gasteiger partial charge in [0.25, 0.3) is 0 Å². The molecule has 1 fully saturated rings. The van der Waals surface area contributed by atoms with E-state index >= 15 is 0 Å². The SMILES string of the molecule is Cc1ccc(C(=O)CCNC2CCCCC2)cc1C. The molecule has 2 rings (SSSR count). The highest BCUT2D eigenvalue weighted by Gasteiger charge is 2.13. The molecule has 0 aromatic heterocycles. The molecule has 1 aliphatic carbocycles. The van der Waals surface area contributed by atoms with Crippen molar-refractivity contribution in [1.29, 1.82) is 0 Å². The van der Waals surface area contributed by atoms with Gasteiger partial charge in [-0.25, -0.2) is 0 Å². The molecule has 0 heterocycles. The van der Waals surface area contributed by atoms with E-state index in [4.69, 9.17) is 0 Å². The first-order valence-corrected chi connectivity index (χ1v) is 7.50. The lowest BCUT2D eigenvalue weighted by atomic mass is 9.95. The second kappa shape index (κ2) is 6.85. The summed E-state index contributed by atoms with van der Waals surface area (Å²) in [5.41, 5.74) is 3.30. The van der Waals surface area contributed by atoms with E-state index in [-0.39, 0.29) is 5.78 Å². The molecule has 1 saturated carbocycles. The first kappa shape index (κ1) is 14.3. The van der Waals surface area contributed by atoms with Crippen LogP contribution >= 0.6 is 0 Å². The first-order chi connectivity index (χ1) is 9.16. The van der Waals surface area contributed by atoms with Crippen molar-refractivity contribution in [3.05, 3.63) is 34.9 Å². The summed E-state index contributed by atoms with van der Waals surface area (Å²) in [7, 11) is 0.